The molecule has 0 unspecified atom stereocenters. The lowest BCUT2D eigenvalue weighted by atomic mass is 10.1. The Morgan fingerprint density at radius 3 is 2.32 bits per heavy atom. The van der Waals surface area contributed by atoms with Gasteiger partial charge in [0, 0.05) is 5.56 Å². The molecule has 0 N–H and O–H groups in total. The number of furan rings is 1. The van der Waals surface area contributed by atoms with Gasteiger partial charge in [0.25, 0.3) is 11.8 Å². The maximum Gasteiger partial charge on any atom is 0.338 e. The van der Waals surface area contributed by atoms with E-state index in [1.54, 1.807) is 36.4 Å². The molecule has 8 nitrogen and oxygen atoms in total. The number of benzene rings is 2. The fourth-order valence-corrected chi connectivity index (χ4v) is 3.19. The minimum atomic E-state index is -0.769. The smallest absolute Gasteiger partial charge is 0.338 e. The number of hydrogen-bond acceptors (Lipinski definition) is 7. The molecule has 1 aromatic heterocycles. The Morgan fingerprint density at radius 1 is 0.935 bits per heavy atom. The summed E-state index contributed by atoms with van der Waals surface area (Å²) in [5.41, 5.74) is 0.745. The number of amides is 2. The largest absolute Gasteiger partial charge is 0.497 e. The summed E-state index contributed by atoms with van der Waals surface area (Å²) in [6.07, 6.45) is 1.45. The predicted molar refractivity (Wildman–Crippen MR) is 107 cm³/mol. The highest BCUT2D eigenvalue weighted by Crippen LogP contribution is 2.26. The van der Waals surface area contributed by atoms with Gasteiger partial charge in [-0.1, -0.05) is 0 Å². The number of imide groups is 1. The van der Waals surface area contributed by atoms with Gasteiger partial charge in [0.15, 0.2) is 12.4 Å². The van der Waals surface area contributed by atoms with E-state index in [0.717, 1.165) is 4.90 Å². The number of fused-ring (bicyclic) bond motifs is 1. The van der Waals surface area contributed by atoms with E-state index >= 15 is 0 Å². The van der Waals surface area contributed by atoms with Crippen LogP contribution in [0, 0.1) is 0 Å². The maximum absolute atomic E-state index is 12.7. The second-order valence-electron chi connectivity index (χ2n) is 6.76. The Hall–Kier alpha value is -4.20. The van der Waals surface area contributed by atoms with Crippen molar-refractivity contribution in [3.8, 4) is 5.75 Å². The molecule has 1 aliphatic heterocycles. The normalized spacial score (nSPS) is 12.6. The number of Topliss-reactive ketones (excluding diaryl/α,β-unsaturated/α-hetero) is 1. The van der Waals surface area contributed by atoms with Crippen molar-refractivity contribution in [2.24, 2.45) is 0 Å². The molecular formula is C23H17NO7. The number of hydrogen-bond donors (Lipinski definition) is 0. The van der Waals surface area contributed by atoms with Gasteiger partial charge in [-0.05, 0) is 54.6 Å². The molecule has 2 heterocycles. The first-order chi connectivity index (χ1) is 15.0. The molecule has 4 rings (SSSR count). The van der Waals surface area contributed by atoms with Crippen LogP contribution in [0.2, 0.25) is 0 Å². The molecular weight excluding hydrogens is 402 g/mol. The van der Waals surface area contributed by atoms with Crippen LogP contribution in [0.5, 0.6) is 5.75 Å². The average molecular weight is 419 g/mol. The first-order valence-electron chi connectivity index (χ1n) is 9.35. The second-order valence-corrected chi connectivity index (χ2v) is 6.76. The number of ketones is 1. The van der Waals surface area contributed by atoms with Crippen LogP contribution in [-0.4, -0.2) is 42.2 Å². The fourth-order valence-electron chi connectivity index (χ4n) is 3.19. The third kappa shape index (κ3) is 3.95. The summed E-state index contributed by atoms with van der Waals surface area (Å²) in [6.45, 7) is -0.463. The fraction of sp³-hybridized carbons (Fsp3) is 0.130. The van der Waals surface area contributed by atoms with Crippen LogP contribution in [0.15, 0.2) is 65.3 Å². The lowest BCUT2D eigenvalue weighted by molar-refractivity contribution is 0.0474. The van der Waals surface area contributed by atoms with Crippen LogP contribution < -0.4 is 4.74 Å². The number of esters is 1. The number of ether oxygens (including phenoxy) is 2. The molecule has 2 aromatic carbocycles. The zero-order chi connectivity index (χ0) is 22.0. The van der Waals surface area contributed by atoms with Crippen LogP contribution in [-0.2, 0) is 11.3 Å². The Kier molecular flexibility index (Phi) is 5.36. The van der Waals surface area contributed by atoms with Crippen molar-refractivity contribution in [1.29, 1.82) is 0 Å². The number of rotatable bonds is 7. The van der Waals surface area contributed by atoms with Crippen LogP contribution in [0.1, 0.15) is 47.2 Å². The lowest BCUT2D eigenvalue weighted by Gasteiger charge is -2.11. The number of nitrogens with zero attached hydrogens (tertiary/aromatic N) is 1. The summed E-state index contributed by atoms with van der Waals surface area (Å²) in [5.74, 6) is -1.08. The van der Waals surface area contributed by atoms with Crippen LogP contribution in [0.4, 0.5) is 0 Å². The highest BCUT2D eigenvalue weighted by atomic mass is 16.5. The van der Waals surface area contributed by atoms with Gasteiger partial charge >= 0.3 is 5.97 Å². The van der Waals surface area contributed by atoms with E-state index in [1.165, 1.54) is 31.6 Å². The van der Waals surface area contributed by atoms with E-state index < -0.39 is 24.4 Å². The van der Waals surface area contributed by atoms with Gasteiger partial charge in [0.05, 0.1) is 36.6 Å². The van der Waals surface area contributed by atoms with E-state index in [1.807, 2.05) is 0 Å². The molecule has 1 aliphatic rings. The molecule has 0 atom stereocenters. The zero-order valence-electron chi connectivity index (χ0n) is 16.5. The molecule has 0 saturated carbocycles. The Morgan fingerprint density at radius 2 is 1.65 bits per heavy atom. The SMILES string of the molecule is COc1ccc(C(=O)COC(=O)c2ccc3c(c2)C(=O)N(Cc2ccco2)C3=O)cc1. The molecule has 0 spiro atoms. The molecule has 0 radical (unpaired) electrons. The third-order valence-electron chi connectivity index (χ3n) is 4.85. The molecule has 3 aromatic rings. The van der Waals surface area contributed by atoms with Crippen molar-refractivity contribution < 1.29 is 33.1 Å². The minimum absolute atomic E-state index is 0.00447. The maximum atomic E-state index is 12.7. The first kappa shape index (κ1) is 20.1. The van der Waals surface area contributed by atoms with Crippen molar-refractivity contribution >= 4 is 23.6 Å². The van der Waals surface area contributed by atoms with E-state index in [9.17, 15) is 19.2 Å². The summed E-state index contributed by atoms with van der Waals surface area (Å²) in [5, 5.41) is 0. The standard InChI is InChI=1S/C23H17NO7/c1-29-16-7-4-14(5-8-16)20(25)13-31-23(28)15-6-9-18-19(11-15)22(27)24(21(18)26)12-17-3-2-10-30-17/h2-11H,12-13H2,1H3. The number of methoxy groups -OCH3 is 1. The number of carbonyl (C=O) groups is 4. The Bertz CT molecular complexity index is 1160. The first-order valence-corrected chi connectivity index (χ1v) is 9.35. The van der Waals surface area contributed by atoms with E-state index in [0.29, 0.717) is 17.1 Å². The van der Waals surface area contributed by atoms with E-state index in [-0.39, 0.29) is 29.0 Å². The van der Waals surface area contributed by atoms with Gasteiger partial charge < -0.3 is 13.9 Å². The van der Waals surface area contributed by atoms with Gasteiger partial charge in [-0.3, -0.25) is 19.3 Å². The molecule has 2 amide bonds. The number of carbonyl (C=O) groups excluding carboxylic acids is 4. The Balaban J connectivity index is 1.43. The van der Waals surface area contributed by atoms with Gasteiger partial charge in [-0.2, -0.15) is 0 Å². The summed E-state index contributed by atoms with van der Waals surface area (Å²) >= 11 is 0. The molecule has 0 saturated heterocycles. The van der Waals surface area contributed by atoms with Crippen molar-refractivity contribution in [2.45, 2.75) is 6.54 Å². The van der Waals surface area contributed by atoms with Crippen molar-refractivity contribution in [1.82, 2.24) is 4.90 Å². The van der Waals surface area contributed by atoms with Crippen molar-refractivity contribution in [3.63, 3.8) is 0 Å². The van der Waals surface area contributed by atoms with Gasteiger partial charge in [-0.15, -0.1) is 0 Å². The van der Waals surface area contributed by atoms with Gasteiger partial charge in [0.2, 0.25) is 0 Å². The third-order valence-corrected chi connectivity index (χ3v) is 4.85. The van der Waals surface area contributed by atoms with Gasteiger partial charge in [-0.25, -0.2) is 4.79 Å². The zero-order valence-corrected chi connectivity index (χ0v) is 16.5. The topological polar surface area (TPSA) is 103 Å². The average Bonchev–Trinajstić information content (AvgIpc) is 3.40. The van der Waals surface area contributed by atoms with Gasteiger partial charge in [0.1, 0.15) is 11.5 Å². The van der Waals surface area contributed by atoms with E-state index in [2.05, 4.69) is 0 Å². The summed E-state index contributed by atoms with van der Waals surface area (Å²) in [6, 6.07) is 13.8. The van der Waals surface area contributed by atoms with Crippen LogP contribution in [0.3, 0.4) is 0 Å². The summed E-state index contributed by atoms with van der Waals surface area (Å²) < 4.78 is 15.3. The quantitative estimate of drug-likeness (QED) is 0.329. The monoisotopic (exact) mass is 419 g/mol. The van der Waals surface area contributed by atoms with Crippen molar-refractivity contribution in [2.75, 3.05) is 13.7 Å². The molecule has 0 fully saturated rings. The second kappa shape index (κ2) is 8.27. The lowest BCUT2D eigenvalue weighted by Crippen LogP contribution is -2.28. The summed E-state index contributed by atoms with van der Waals surface area (Å²) in [4.78, 5) is 50.8. The minimum Gasteiger partial charge on any atom is -0.497 e. The van der Waals surface area contributed by atoms with Crippen molar-refractivity contribution in [3.05, 3.63) is 88.9 Å². The predicted octanol–water partition coefficient (Wildman–Crippen LogP) is 3.12. The summed E-state index contributed by atoms with van der Waals surface area (Å²) in [7, 11) is 1.52. The molecule has 0 aliphatic carbocycles. The van der Waals surface area contributed by atoms with Crippen LogP contribution in [0.25, 0.3) is 0 Å². The molecule has 8 heteroatoms. The highest BCUT2D eigenvalue weighted by molar-refractivity contribution is 6.21. The van der Waals surface area contributed by atoms with E-state index in [4.69, 9.17) is 13.9 Å². The highest BCUT2D eigenvalue weighted by Gasteiger charge is 2.36. The molecule has 31 heavy (non-hydrogen) atoms. The Labute approximate surface area is 177 Å². The molecule has 156 valence electrons. The molecule has 0 bridgehead atoms. The van der Waals surface area contributed by atoms with Crippen LogP contribution >= 0.6 is 0 Å².